The number of carbonyl (C=O) groups excluding carboxylic acids is 1. The average Bonchev–Trinajstić information content (AvgIpc) is 3.62. The molecule has 4 aromatic rings. The summed E-state index contributed by atoms with van der Waals surface area (Å²) in [5.41, 5.74) is 6.36. The molecule has 1 fully saturated rings. The molecule has 3 heterocycles. The summed E-state index contributed by atoms with van der Waals surface area (Å²) in [7, 11) is 0. The van der Waals surface area contributed by atoms with Crippen molar-refractivity contribution in [2.45, 2.75) is 44.9 Å². The molecule has 2 aromatic heterocycles. The van der Waals surface area contributed by atoms with Crippen molar-refractivity contribution in [2.24, 2.45) is 0 Å². The number of hydrogen-bond donors (Lipinski definition) is 2. The number of hydrogen-bond acceptors (Lipinski definition) is 5. The molecule has 1 unspecified atom stereocenters. The molecule has 0 radical (unpaired) electrons. The van der Waals surface area contributed by atoms with Crippen LogP contribution in [0.1, 0.15) is 65.2 Å². The number of halogens is 1. The van der Waals surface area contributed by atoms with Crippen molar-refractivity contribution in [1.82, 2.24) is 24.8 Å². The van der Waals surface area contributed by atoms with E-state index in [1.807, 2.05) is 42.1 Å². The molecule has 8 heteroatoms. The Kier molecular flexibility index (Phi) is 5.51. The summed E-state index contributed by atoms with van der Waals surface area (Å²) in [6.45, 7) is 4.73. The lowest BCUT2D eigenvalue weighted by Gasteiger charge is -2.25. The Morgan fingerprint density at radius 1 is 1.17 bits per heavy atom. The number of benzene rings is 2. The van der Waals surface area contributed by atoms with Gasteiger partial charge in [0.05, 0.1) is 18.2 Å². The Morgan fingerprint density at radius 3 is 2.81 bits per heavy atom. The zero-order chi connectivity index (χ0) is 24.8. The Hall–Kier alpha value is -4.07. The minimum atomic E-state index is -0.541. The summed E-state index contributed by atoms with van der Waals surface area (Å²) in [4.78, 5) is 25.5. The quantitative estimate of drug-likeness (QED) is 0.372. The number of amides is 1. The van der Waals surface area contributed by atoms with E-state index in [-0.39, 0.29) is 17.6 Å². The lowest BCUT2D eigenvalue weighted by molar-refractivity contribution is 0.0940. The van der Waals surface area contributed by atoms with Crippen LogP contribution >= 0.6 is 0 Å². The zero-order valence-electron chi connectivity index (χ0n) is 20.3. The number of aryl methyl sites for hydroxylation is 1. The van der Waals surface area contributed by atoms with Gasteiger partial charge in [0.25, 0.3) is 5.91 Å². The lowest BCUT2D eigenvalue weighted by Crippen LogP contribution is -2.34. The van der Waals surface area contributed by atoms with Gasteiger partial charge in [0.15, 0.2) is 17.5 Å². The highest BCUT2D eigenvalue weighted by Gasteiger charge is 2.26. The first-order valence-electron chi connectivity index (χ1n) is 12.4. The molecule has 36 heavy (non-hydrogen) atoms. The molecule has 1 aliphatic carbocycles. The van der Waals surface area contributed by atoms with Gasteiger partial charge in [-0.3, -0.25) is 4.79 Å². The minimum Gasteiger partial charge on any atom is -0.351 e. The average molecular weight is 483 g/mol. The summed E-state index contributed by atoms with van der Waals surface area (Å²) in [6.07, 6.45) is 8.48. The van der Waals surface area contributed by atoms with E-state index in [1.165, 1.54) is 19.0 Å². The van der Waals surface area contributed by atoms with E-state index in [2.05, 4.69) is 38.7 Å². The Morgan fingerprint density at radius 2 is 2.03 bits per heavy atom. The van der Waals surface area contributed by atoms with Gasteiger partial charge < -0.3 is 15.2 Å². The van der Waals surface area contributed by atoms with E-state index in [1.54, 1.807) is 12.1 Å². The van der Waals surface area contributed by atoms with Crippen molar-refractivity contribution in [3.63, 3.8) is 0 Å². The van der Waals surface area contributed by atoms with Gasteiger partial charge in [0.2, 0.25) is 0 Å². The topological polar surface area (TPSA) is 84.7 Å². The van der Waals surface area contributed by atoms with Crippen molar-refractivity contribution in [3.8, 4) is 17.1 Å². The first-order valence-corrected chi connectivity index (χ1v) is 12.4. The third kappa shape index (κ3) is 4.12. The molecule has 1 aliphatic heterocycles. The highest BCUT2D eigenvalue weighted by atomic mass is 19.1. The van der Waals surface area contributed by atoms with Crippen LogP contribution < -0.4 is 10.6 Å². The molecule has 0 spiro atoms. The molecule has 2 aromatic carbocycles. The van der Waals surface area contributed by atoms with Crippen LogP contribution in [-0.2, 0) is 0 Å². The number of carbonyl (C=O) groups is 1. The second kappa shape index (κ2) is 8.86. The molecule has 1 amide bonds. The monoisotopic (exact) mass is 482 g/mol. The number of rotatable bonds is 6. The van der Waals surface area contributed by atoms with Crippen LogP contribution in [0.15, 0.2) is 55.1 Å². The van der Waals surface area contributed by atoms with Gasteiger partial charge in [-0.25, -0.2) is 19.3 Å². The van der Waals surface area contributed by atoms with Crippen molar-refractivity contribution in [2.75, 3.05) is 11.9 Å². The predicted octanol–water partition coefficient (Wildman–Crippen LogP) is 5.63. The normalized spacial score (nSPS) is 17.0. The summed E-state index contributed by atoms with van der Waals surface area (Å²) in [5, 5.41) is 6.02. The fourth-order valence-corrected chi connectivity index (χ4v) is 4.84. The van der Waals surface area contributed by atoms with Crippen molar-refractivity contribution >= 4 is 17.4 Å². The van der Waals surface area contributed by atoms with Crippen LogP contribution in [0, 0.1) is 12.7 Å². The van der Waals surface area contributed by atoms with Crippen LogP contribution in [0.5, 0.6) is 0 Å². The van der Waals surface area contributed by atoms with Crippen molar-refractivity contribution in [1.29, 1.82) is 0 Å². The zero-order valence-corrected chi connectivity index (χ0v) is 20.3. The van der Waals surface area contributed by atoms with Crippen LogP contribution in [-0.4, -0.2) is 32.0 Å². The molecule has 2 aliphatic rings. The molecule has 1 atom stereocenters. The molecular formula is C28H27FN6O. The third-order valence-corrected chi connectivity index (χ3v) is 7.08. The van der Waals surface area contributed by atoms with Crippen LogP contribution in [0.2, 0.25) is 0 Å². The maximum Gasteiger partial charge on any atom is 0.251 e. The first kappa shape index (κ1) is 22.4. The summed E-state index contributed by atoms with van der Waals surface area (Å²) in [5.74, 6) is 0.739. The second-order valence-corrected chi connectivity index (χ2v) is 9.61. The largest absolute Gasteiger partial charge is 0.351 e. The molecule has 1 saturated carbocycles. The molecule has 0 saturated heterocycles. The van der Waals surface area contributed by atoms with E-state index in [9.17, 15) is 9.18 Å². The van der Waals surface area contributed by atoms with E-state index < -0.39 is 5.82 Å². The van der Waals surface area contributed by atoms with E-state index in [4.69, 9.17) is 0 Å². The predicted molar refractivity (Wildman–Crippen MR) is 136 cm³/mol. The lowest BCUT2D eigenvalue weighted by atomic mass is 9.88. The highest BCUT2D eigenvalue weighted by Crippen LogP contribution is 2.39. The van der Waals surface area contributed by atoms with Crippen LogP contribution in [0.4, 0.5) is 15.9 Å². The van der Waals surface area contributed by atoms with E-state index in [0.29, 0.717) is 29.5 Å². The van der Waals surface area contributed by atoms with Gasteiger partial charge in [-0.15, -0.1) is 0 Å². The van der Waals surface area contributed by atoms with Crippen molar-refractivity contribution in [3.05, 3.63) is 83.3 Å². The maximum absolute atomic E-state index is 14.7. The molecule has 6 rings (SSSR count). The molecule has 0 bridgehead atoms. The maximum atomic E-state index is 14.7. The standard InChI is InChI=1S/C28H27FN6O/c1-3-17-12-31-28(36)21-8-7-20(11-22(17)21)33-27-23(29)13-30-26(34-27)19-6-9-25(16(2)10-19)35-14-24(32-15-35)18-4-5-18/h6-11,13-15,17-18H,3-5,12H2,1-2H3,(H,31,36)(H,30,33,34). The number of anilines is 2. The fraction of sp³-hybridized carbons (Fsp3) is 0.286. The van der Waals surface area contributed by atoms with Gasteiger partial charge in [-0.05, 0) is 73.7 Å². The first-order chi connectivity index (χ1) is 17.5. The summed E-state index contributed by atoms with van der Waals surface area (Å²) < 4.78 is 16.7. The number of fused-ring (bicyclic) bond motifs is 1. The number of nitrogens with one attached hydrogen (secondary N) is 2. The SMILES string of the molecule is CCC1CNC(=O)c2ccc(Nc3nc(-c4ccc(-n5cnc(C6CC6)c5)c(C)c4)ncc3F)cc21. The number of aromatic nitrogens is 4. The Bertz CT molecular complexity index is 1470. The highest BCUT2D eigenvalue weighted by molar-refractivity contribution is 5.97. The Balaban J connectivity index is 1.28. The molecule has 2 N–H and O–H groups in total. The summed E-state index contributed by atoms with van der Waals surface area (Å²) >= 11 is 0. The van der Waals surface area contributed by atoms with E-state index >= 15 is 0 Å². The van der Waals surface area contributed by atoms with Crippen LogP contribution in [0.3, 0.4) is 0 Å². The summed E-state index contributed by atoms with van der Waals surface area (Å²) in [6, 6.07) is 11.4. The molecular weight excluding hydrogens is 455 g/mol. The smallest absolute Gasteiger partial charge is 0.251 e. The van der Waals surface area contributed by atoms with Gasteiger partial charge in [0.1, 0.15) is 0 Å². The minimum absolute atomic E-state index is 0.0741. The van der Waals surface area contributed by atoms with Gasteiger partial charge in [-0.1, -0.05) is 6.92 Å². The third-order valence-electron chi connectivity index (χ3n) is 7.08. The number of nitrogens with zero attached hydrogens (tertiary/aromatic N) is 4. The second-order valence-electron chi connectivity index (χ2n) is 9.61. The number of imidazole rings is 1. The van der Waals surface area contributed by atoms with Gasteiger partial charge in [-0.2, -0.15) is 0 Å². The van der Waals surface area contributed by atoms with E-state index in [0.717, 1.165) is 34.5 Å². The van der Waals surface area contributed by atoms with Crippen LogP contribution in [0.25, 0.3) is 17.1 Å². The fourth-order valence-electron chi connectivity index (χ4n) is 4.84. The van der Waals surface area contributed by atoms with Gasteiger partial charge in [0, 0.05) is 47.1 Å². The van der Waals surface area contributed by atoms with Gasteiger partial charge >= 0.3 is 0 Å². The Labute approximate surface area is 208 Å². The van der Waals surface area contributed by atoms with Crippen molar-refractivity contribution < 1.29 is 9.18 Å². The molecule has 182 valence electrons. The molecule has 7 nitrogen and oxygen atoms in total.